The highest BCUT2D eigenvalue weighted by Crippen LogP contribution is 2.30. The maximum Gasteiger partial charge on any atom is 0.0513 e. The Morgan fingerprint density at radius 1 is 1.26 bits per heavy atom. The first kappa shape index (κ1) is 14.5. The third-order valence-corrected chi connectivity index (χ3v) is 4.00. The van der Waals surface area contributed by atoms with Crippen LogP contribution in [0.25, 0.3) is 0 Å². The normalized spacial score (nSPS) is 21.6. The Labute approximate surface area is 117 Å². The second kappa shape index (κ2) is 6.06. The van der Waals surface area contributed by atoms with Gasteiger partial charge in [0.1, 0.15) is 0 Å². The summed E-state index contributed by atoms with van der Waals surface area (Å²) in [5.74, 6) is 0.612. The topological polar surface area (TPSA) is 21.3 Å². The lowest BCUT2D eigenvalue weighted by Gasteiger charge is -2.25. The lowest BCUT2D eigenvalue weighted by Crippen LogP contribution is -2.28. The van der Waals surface area contributed by atoms with Gasteiger partial charge in [-0.2, -0.15) is 0 Å². The van der Waals surface area contributed by atoms with Crippen molar-refractivity contribution in [1.29, 1.82) is 0 Å². The molecule has 1 aliphatic rings. The fourth-order valence-corrected chi connectivity index (χ4v) is 2.78. The molecule has 1 aromatic rings. The summed E-state index contributed by atoms with van der Waals surface area (Å²) < 4.78 is 5.54. The molecule has 1 saturated heterocycles. The van der Waals surface area contributed by atoms with Crippen LogP contribution in [0.15, 0.2) is 24.3 Å². The van der Waals surface area contributed by atoms with Crippen LogP contribution in [-0.4, -0.2) is 19.8 Å². The van der Waals surface area contributed by atoms with Crippen LogP contribution in [0, 0.1) is 5.92 Å². The largest absolute Gasteiger partial charge is 0.381 e. The van der Waals surface area contributed by atoms with E-state index in [0.717, 1.165) is 19.8 Å². The Morgan fingerprint density at radius 3 is 2.42 bits per heavy atom. The molecule has 106 valence electrons. The summed E-state index contributed by atoms with van der Waals surface area (Å²) in [5.41, 5.74) is 3.02. The van der Waals surface area contributed by atoms with E-state index in [9.17, 15) is 0 Å². The molecule has 19 heavy (non-hydrogen) atoms. The van der Waals surface area contributed by atoms with Gasteiger partial charge in [0.25, 0.3) is 0 Å². The highest BCUT2D eigenvalue weighted by Gasteiger charge is 2.26. The maximum atomic E-state index is 5.54. The minimum absolute atomic E-state index is 0.225. The first-order valence-electron chi connectivity index (χ1n) is 7.44. The Balaban J connectivity index is 2.17. The number of nitrogens with one attached hydrogen (secondary N) is 1. The minimum Gasteiger partial charge on any atom is -0.381 e. The van der Waals surface area contributed by atoms with Crippen molar-refractivity contribution in [3.05, 3.63) is 35.4 Å². The molecule has 1 N–H and O–H groups in total. The van der Waals surface area contributed by atoms with Gasteiger partial charge in [0.05, 0.1) is 6.61 Å². The third-order valence-electron chi connectivity index (χ3n) is 4.00. The Hall–Kier alpha value is -0.860. The molecule has 0 bridgehead atoms. The molecule has 0 aromatic heterocycles. The van der Waals surface area contributed by atoms with Gasteiger partial charge in [0.15, 0.2) is 0 Å². The van der Waals surface area contributed by atoms with E-state index in [1.54, 1.807) is 0 Å². The van der Waals surface area contributed by atoms with E-state index in [2.05, 4.69) is 57.3 Å². The first-order valence-corrected chi connectivity index (χ1v) is 7.44. The summed E-state index contributed by atoms with van der Waals surface area (Å²) in [4.78, 5) is 0. The van der Waals surface area contributed by atoms with Gasteiger partial charge < -0.3 is 10.1 Å². The van der Waals surface area contributed by atoms with Gasteiger partial charge in [0.2, 0.25) is 0 Å². The maximum absolute atomic E-state index is 5.54. The summed E-state index contributed by atoms with van der Waals surface area (Å²) >= 11 is 0. The van der Waals surface area contributed by atoms with Gasteiger partial charge >= 0.3 is 0 Å². The van der Waals surface area contributed by atoms with Gasteiger partial charge in [-0.15, -0.1) is 0 Å². The van der Waals surface area contributed by atoms with Crippen molar-refractivity contribution in [1.82, 2.24) is 5.32 Å². The van der Waals surface area contributed by atoms with E-state index < -0.39 is 0 Å². The fraction of sp³-hybridized carbons (Fsp3) is 0.647. The lowest BCUT2D eigenvalue weighted by molar-refractivity contribution is 0.177. The highest BCUT2D eigenvalue weighted by molar-refractivity contribution is 5.29. The lowest BCUT2D eigenvalue weighted by atomic mass is 9.85. The zero-order valence-electron chi connectivity index (χ0n) is 12.7. The SMILES string of the molecule is CCNC(c1ccc(C(C)(C)C)cc1)C1CCOC1. The quantitative estimate of drug-likeness (QED) is 0.893. The van der Waals surface area contributed by atoms with Gasteiger partial charge in [-0.1, -0.05) is 52.0 Å². The van der Waals surface area contributed by atoms with Crippen molar-refractivity contribution in [2.45, 2.75) is 45.6 Å². The monoisotopic (exact) mass is 261 g/mol. The first-order chi connectivity index (χ1) is 9.02. The number of hydrogen-bond donors (Lipinski definition) is 1. The van der Waals surface area contributed by atoms with Crippen LogP contribution in [-0.2, 0) is 10.2 Å². The Bertz CT molecular complexity index is 385. The van der Waals surface area contributed by atoms with Crippen molar-refractivity contribution < 1.29 is 4.74 Å². The summed E-state index contributed by atoms with van der Waals surface area (Å²) in [6.45, 7) is 11.7. The van der Waals surface area contributed by atoms with Gasteiger partial charge in [-0.05, 0) is 29.5 Å². The second-order valence-electron chi connectivity index (χ2n) is 6.53. The summed E-state index contributed by atoms with van der Waals surface area (Å²) in [6, 6.07) is 9.55. The van der Waals surface area contributed by atoms with Crippen molar-refractivity contribution in [3.8, 4) is 0 Å². The average Bonchev–Trinajstić information content (AvgIpc) is 2.89. The smallest absolute Gasteiger partial charge is 0.0513 e. The zero-order chi connectivity index (χ0) is 13.9. The van der Waals surface area contributed by atoms with Crippen LogP contribution < -0.4 is 5.32 Å². The number of benzene rings is 1. The number of hydrogen-bond acceptors (Lipinski definition) is 2. The molecular weight excluding hydrogens is 234 g/mol. The van der Waals surface area contributed by atoms with Crippen molar-refractivity contribution in [3.63, 3.8) is 0 Å². The van der Waals surface area contributed by atoms with Gasteiger partial charge in [0, 0.05) is 18.6 Å². The molecular formula is C17H27NO. The summed E-state index contributed by atoms with van der Waals surface area (Å²) in [5, 5.41) is 3.62. The van der Waals surface area contributed by atoms with Crippen LogP contribution in [0.2, 0.25) is 0 Å². The Kier molecular flexibility index (Phi) is 4.64. The minimum atomic E-state index is 0.225. The predicted octanol–water partition coefficient (Wildman–Crippen LogP) is 3.67. The summed E-state index contributed by atoms with van der Waals surface area (Å²) in [6.07, 6.45) is 1.17. The van der Waals surface area contributed by atoms with Crippen LogP contribution >= 0.6 is 0 Å². The van der Waals surface area contributed by atoms with Crippen molar-refractivity contribution in [2.75, 3.05) is 19.8 Å². The van der Waals surface area contributed by atoms with Crippen LogP contribution in [0.3, 0.4) is 0 Å². The zero-order valence-corrected chi connectivity index (χ0v) is 12.7. The molecule has 2 nitrogen and oxygen atoms in total. The van der Waals surface area contributed by atoms with Crippen molar-refractivity contribution >= 4 is 0 Å². The fourth-order valence-electron chi connectivity index (χ4n) is 2.78. The van der Waals surface area contributed by atoms with Crippen LogP contribution in [0.5, 0.6) is 0 Å². The molecule has 1 fully saturated rings. The molecule has 0 spiro atoms. The van der Waals surface area contributed by atoms with Crippen molar-refractivity contribution in [2.24, 2.45) is 5.92 Å². The molecule has 1 heterocycles. The molecule has 0 aliphatic carbocycles. The number of rotatable bonds is 4. The van der Waals surface area contributed by atoms with E-state index in [4.69, 9.17) is 4.74 Å². The standard InChI is InChI=1S/C17H27NO/c1-5-18-16(14-10-11-19-12-14)13-6-8-15(9-7-13)17(2,3)4/h6-9,14,16,18H,5,10-12H2,1-4H3. The molecule has 1 aromatic carbocycles. The molecule has 1 aliphatic heterocycles. The van der Waals surface area contributed by atoms with E-state index in [0.29, 0.717) is 12.0 Å². The van der Waals surface area contributed by atoms with Gasteiger partial charge in [-0.25, -0.2) is 0 Å². The van der Waals surface area contributed by atoms with E-state index >= 15 is 0 Å². The molecule has 2 unspecified atom stereocenters. The molecule has 0 saturated carbocycles. The van der Waals surface area contributed by atoms with E-state index in [-0.39, 0.29) is 5.41 Å². The van der Waals surface area contributed by atoms with Crippen LogP contribution in [0.1, 0.15) is 51.3 Å². The van der Waals surface area contributed by atoms with E-state index in [1.165, 1.54) is 17.5 Å². The van der Waals surface area contributed by atoms with Gasteiger partial charge in [-0.3, -0.25) is 0 Å². The third kappa shape index (κ3) is 3.58. The predicted molar refractivity (Wildman–Crippen MR) is 80.5 cm³/mol. The highest BCUT2D eigenvalue weighted by atomic mass is 16.5. The molecule has 2 heteroatoms. The molecule has 2 rings (SSSR count). The molecule has 0 radical (unpaired) electrons. The molecule has 2 atom stereocenters. The van der Waals surface area contributed by atoms with Crippen LogP contribution in [0.4, 0.5) is 0 Å². The number of ether oxygens (including phenoxy) is 1. The average molecular weight is 261 g/mol. The van der Waals surface area contributed by atoms with E-state index in [1.807, 2.05) is 0 Å². The Morgan fingerprint density at radius 2 is 1.95 bits per heavy atom. The second-order valence-corrected chi connectivity index (χ2v) is 6.53. The molecule has 0 amide bonds. The summed E-state index contributed by atoms with van der Waals surface area (Å²) in [7, 11) is 0.